The van der Waals surface area contributed by atoms with Crippen molar-refractivity contribution in [2.45, 2.75) is 32.0 Å². The van der Waals surface area contributed by atoms with E-state index in [-0.39, 0.29) is 29.6 Å². The van der Waals surface area contributed by atoms with Gasteiger partial charge in [0.25, 0.3) is 11.8 Å². The smallest absolute Gasteiger partial charge is 0.419 e. The van der Waals surface area contributed by atoms with E-state index in [1.54, 1.807) is 0 Å². The molecule has 0 saturated carbocycles. The van der Waals surface area contributed by atoms with Crippen molar-refractivity contribution in [3.8, 4) is 5.75 Å². The number of rotatable bonds is 3. The zero-order chi connectivity index (χ0) is 19.1. The van der Waals surface area contributed by atoms with E-state index < -0.39 is 29.7 Å². The number of halogens is 3. The maximum Gasteiger partial charge on any atom is 0.491 e. The second-order valence-corrected chi connectivity index (χ2v) is 6.53. The van der Waals surface area contributed by atoms with Crippen LogP contribution in [0.25, 0.3) is 0 Å². The van der Waals surface area contributed by atoms with Gasteiger partial charge in [0.05, 0.1) is 11.1 Å². The van der Waals surface area contributed by atoms with Crippen LogP contribution in [0, 0.1) is 5.92 Å². The molecule has 26 heavy (non-hydrogen) atoms. The SMILES string of the molecule is CC1CC(CN2C(=O)c3cccc(OC(=O)C(F)(F)F)c3C2=O)CCN1. The number of benzene rings is 1. The zero-order valence-corrected chi connectivity index (χ0v) is 13.9. The summed E-state index contributed by atoms with van der Waals surface area (Å²) in [5, 5.41) is 3.27. The van der Waals surface area contributed by atoms with Crippen LogP contribution in [0.15, 0.2) is 18.2 Å². The quantitative estimate of drug-likeness (QED) is 0.501. The number of nitrogens with zero attached hydrogens (tertiary/aromatic N) is 1. The van der Waals surface area contributed by atoms with Gasteiger partial charge in [-0.25, -0.2) is 4.79 Å². The maximum absolute atomic E-state index is 12.6. The van der Waals surface area contributed by atoms with E-state index in [2.05, 4.69) is 10.1 Å². The van der Waals surface area contributed by atoms with Crippen LogP contribution in [0.5, 0.6) is 5.75 Å². The first-order valence-electron chi connectivity index (χ1n) is 8.20. The van der Waals surface area contributed by atoms with Crippen molar-refractivity contribution in [3.05, 3.63) is 29.3 Å². The highest BCUT2D eigenvalue weighted by Crippen LogP contribution is 2.33. The van der Waals surface area contributed by atoms with Crippen molar-refractivity contribution in [3.63, 3.8) is 0 Å². The molecule has 9 heteroatoms. The molecule has 2 aliphatic rings. The lowest BCUT2D eigenvalue weighted by Gasteiger charge is -2.30. The van der Waals surface area contributed by atoms with Crippen LogP contribution in [0.1, 0.15) is 40.5 Å². The number of carbonyl (C=O) groups excluding carboxylic acids is 3. The number of imide groups is 1. The van der Waals surface area contributed by atoms with Crippen LogP contribution in [-0.4, -0.2) is 48.0 Å². The lowest BCUT2D eigenvalue weighted by Crippen LogP contribution is -2.42. The Kier molecular flexibility index (Phi) is 4.74. The largest absolute Gasteiger partial charge is 0.491 e. The van der Waals surface area contributed by atoms with Crippen molar-refractivity contribution in [2.24, 2.45) is 5.92 Å². The Balaban J connectivity index is 1.83. The monoisotopic (exact) mass is 370 g/mol. The van der Waals surface area contributed by atoms with Gasteiger partial charge in [-0.2, -0.15) is 13.2 Å². The van der Waals surface area contributed by atoms with Gasteiger partial charge in [0.1, 0.15) is 5.75 Å². The minimum atomic E-state index is -5.20. The highest BCUT2D eigenvalue weighted by molar-refractivity contribution is 6.22. The summed E-state index contributed by atoms with van der Waals surface area (Å²) >= 11 is 0. The number of piperidine rings is 1. The van der Waals surface area contributed by atoms with Gasteiger partial charge < -0.3 is 10.1 Å². The second-order valence-electron chi connectivity index (χ2n) is 6.53. The molecule has 2 aliphatic heterocycles. The lowest BCUT2D eigenvalue weighted by atomic mass is 9.93. The van der Waals surface area contributed by atoms with Gasteiger partial charge in [0.15, 0.2) is 0 Å². The number of esters is 1. The fourth-order valence-corrected chi connectivity index (χ4v) is 3.37. The van der Waals surface area contributed by atoms with Crippen LogP contribution in [0.3, 0.4) is 0 Å². The Labute approximate surface area is 147 Å². The average Bonchev–Trinajstić information content (AvgIpc) is 2.80. The number of ether oxygens (including phenoxy) is 1. The van der Waals surface area contributed by atoms with Crippen molar-refractivity contribution in [2.75, 3.05) is 13.1 Å². The third-order valence-electron chi connectivity index (χ3n) is 4.57. The highest BCUT2D eigenvalue weighted by atomic mass is 19.4. The summed E-state index contributed by atoms with van der Waals surface area (Å²) in [5.41, 5.74) is -0.346. The molecule has 0 radical (unpaired) electrons. The van der Waals surface area contributed by atoms with E-state index in [9.17, 15) is 27.6 Å². The van der Waals surface area contributed by atoms with Crippen LogP contribution in [-0.2, 0) is 4.79 Å². The molecule has 2 amide bonds. The summed E-state index contributed by atoms with van der Waals surface area (Å²) in [6.45, 7) is 2.96. The molecule has 2 atom stereocenters. The van der Waals surface area contributed by atoms with Crippen LogP contribution in [0.2, 0.25) is 0 Å². The van der Waals surface area contributed by atoms with E-state index >= 15 is 0 Å². The molecule has 1 N–H and O–H groups in total. The summed E-state index contributed by atoms with van der Waals surface area (Å²) in [6.07, 6.45) is -3.63. The Morgan fingerprint density at radius 1 is 1.31 bits per heavy atom. The van der Waals surface area contributed by atoms with Crippen LogP contribution in [0.4, 0.5) is 13.2 Å². The van der Waals surface area contributed by atoms with Gasteiger partial charge in [-0.15, -0.1) is 0 Å². The van der Waals surface area contributed by atoms with Gasteiger partial charge >= 0.3 is 12.1 Å². The lowest BCUT2D eigenvalue weighted by molar-refractivity contribution is -0.189. The van der Waals surface area contributed by atoms with E-state index in [1.807, 2.05) is 6.92 Å². The first-order chi connectivity index (χ1) is 12.2. The van der Waals surface area contributed by atoms with Crippen molar-refractivity contribution < 1.29 is 32.3 Å². The molecule has 0 aromatic heterocycles. The molecule has 140 valence electrons. The molecule has 1 aromatic rings. The summed E-state index contributed by atoms with van der Waals surface area (Å²) < 4.78 is 41.6. The standard InChI is InChI=1S/C17H17F3N2O4/c1-9-7-10(5-6-21-9)8-22-14(23)11-3-2-4-12(13(11)15(22)24)26-16(25)17(18,19)20/h2-4,9-10,21H,5-8H2,1H3. The summed E-state index contributed by atoms with van der Waals surface area (Å²) in [7, 11) is 0. The van der Waals surface area contributed by atoms with Crippen LogP contribution < -0.4 is 10.1 Å². The summed E-state index contributed by atoms with van der Waals surface area (Å²) in [5.74, 6) is -4.20. The maximum atomic E-state index is 12.6. The first kappa shape index (κ1) is 18.4. The van der Waals surface area contributed by atoms with E-state index in [0.29, 0.717) is 0 Å². The number of hydrogen-bond donors (Lipinski definition) is 1. The molecule has 0 bridgehead atoms. The van der Waals surface area contributed by atoms with Gasteiger partial charge in [-0.05, 0) is 44.4 Å². The number of alkyl halides is 3. The van der Waals surface area contributed by atoms with Gasteiger partial charge in [-0.1, -0.05) is 6.07 Å². The Morgan fingerprint density at radius 2 is 2.04 bits per heavy atom. The van der Waals surface area contributed by atoms with E-state index in [4.69, 9.17) is 0 Å². The van der Waals surface area contributed by atoms with E-state index in [0.717, 1.165) is 30.4 Å². The molecule has 1 aromatic carbocycles. The number of hydrogen-bond acceptors (Lipinski definition) is 5. The highest BCUT2D eigenvalue weighted by Gasteiger charge is 2.44. The van der Waals surface area contributed by atoms with E-state index in [1.165, 1.54) is 12.1 Å². The second kappa shape index (κ2) is 6.71. The fourth-order valence-electron chi connectivity index (χ4n) is 3.37. The Hall–Kier alpha value is -2.42. The van der Waals surface area contributed by atoms with Gasteiger partial charge in [0, 0.05) is 12.6 Å². The third kappa shape index (κ3) is 3.44. The molecule has 2 unspecified atom stereocenters. The van der Waals surface area contributed by atoms with Crippen molar-refractivity contribution >= 4 is 17.8 Å². The minimum Gasteiger partial charge on any atom is -0.419 e. The molecule has 0 aliphatic carbocycles. The molecule has 3 rings (SSSR count). The number of fused-ring (bicyclic) bond motifs is 1. The van der Waals surface area contributed by atoms with Crippen molar-refractivity contribution in [1.29, 1.82) is 0 Å². The average molecular weight is 370 g/mol. The van der Waals surface area contributed by atoms with Crippen molar-refractivity contribution in [1.82, 2.24) is 10.2 Å². The minimum absolute atomic E-state index is 0.0514. The summed E-state index contributed by atoms with van der Waals surface area (Å²) in [4.78, 5) is 37.3. The van der Waals surface area contributed by atoms with Gasteiger partial charge in [0.2, 0.25) is 0 Å². The number of nitrogens with one attached hydrogen (secondary N) is 1. The predicted molar refractivity (Wildman–Crippen MR) is 83.7 cm³/mol. The Morgan fingerprint density at radius 3 is 2.69 bits per heavy atom. The third-order valence-corrected chi connectivity index (χ3v) is 4.57. The molecule has 6 nitrogen and oxygen atoms in total. The number of amides is 2. The van der Waals surface area contributed by atoms with Crippen LogP contribution >= 0.6 is 0 Å². The fraction of sp³-hybridized carbons (Fsp3) is 0.471. The molecule has 1 fully saturated rings. The normalized spacial score (nSPS) is 23.2. The Bertz CT molecular complexity index is 763. The molecule has 0 spiro atoms. The summed E-state index contributed by atoms with van der Waals surface area (Å²) in [6, 6.07) is 3.95. The predicted octanol–water partition coefficient (Wildman–Crippen LogP) is 2.14. The first-order valence-corrected chi connectivity index (χ1v) is 8.20. The number of carbonyl (C=O) groups is 3. The molecule has 1 saturated heterocycles. The molecular formula is C17H17F3N2O4. The molecule has 2 heterocycles. The molecular weight excluding hydrogens is 353 g/mol. The van der Waals surface area contributed by atoms with Gasteiger partial charge in [-0.3, -0.25) is 14.5 Å². The zero-order valence-electron chi connectivity index (χ0n) is 13.9. The topological polar surface area (TPSA) is 75.7 Å².